The molecule has 0 bridgehead atoms. The van der Waals surface area contributed by atoms with Crippen molar-refractivity contribution in [1.82, 2.24) is 4.98 Å². The number of pyridine rings is 1. The van der Waals surface area contributed by atoms with Crippen LogP contribution in [0.2, 0.25) is 0 Å². The van der Waals surface area contributed by atoms with Crippen LogP contribution in [0.5, 0.6) is 0 Å². The Bertz CT molecular complexity index is 384. The van der Waals surface area contributed by atoms with Crippen molar-refractivity contribution in [3.8, 4) is 0 Å². The summed E-state index contributed by atoms with van der Waals surface area (Å²) in [6.45, 7) is 1.60. The van der Waals surface area contributed by atoms with Gasteiger partial charge >= 0.3 is 0 Å². The highest BCUT2D eigenvalue weighted by molar-refractivity contribution is 14.1. The lowest BCUT2D eigenvalue weighted by molar-refractivity contribution is 0.107. The van der Waals surface area contributed by atoms with Gasteiger partial charge in [0.1, 0.15) is 11.4 Å². The lowest BCUT2D eigenvalue weighted by Crippen LogP contribution is -2.04. The molecule has 0 spiro atoms. The summed E-state index contributed by atoms with van der Waals surface area (Å²) < 4.78 is 25.1. The molecule has 76 valence electrons. The van der Waals surface area contributed by atoms with Crippen molar-refractivity contribution in [1.29, 1.82) is 0 Å². The average molecular weight is 331 g/mol. The molecule has 1 aromatic heterocycles. The molecule has 1 aromatic rings. The molecule has 2 nitrogen and oxygen atoms in total. The van der Waals surface area contributed by atoms with Crippen molar-refractivity contribution < 1.29 is 13.6 Å². The monoisotopic (exact) mass is 331 g/mol. The van der Waals surface area contributed by atoms with E-state index in [1.54, 1.807) is 29.5 Å². The predicted octanol–water partition coefficient (Wildman–Crippen LogP) is 3.31. The van der Waals surface area contributed by atoms with E-state index in [0.717, 1.165) is 0 Å². The Morgan fingerprint density at radius 2 is 2.21 bits per heavy atom. The minimum atomic E-state index is -2.70. The second-order valence-corrected chi connectivity index (χ2v) is 4.10. The molecule has 0 amide bonds. The van der Waals surface area contributed by atoms with Crippen molar-refractivity contribution in [2.24, 2.45) is 0 Å². The van der Waals surface area contributed by atoms with Crippen molar-refractivity contribution >= 4 is 39.4 Å². The van der Waals surface area contributed by atoms with Crippen LogP contribution in [-0.2, 0) is 0 Å². The third-order valence-corrected chi connectivity index (χ3v) is 2.63. The highest BCUT2D eigenvalue weighted by Gasteiger charge is 2.18. The summed E-state index contributed by atoms with van der Waals surface area (Å²) in [5, 5.41) is -0.819. The maximum Gasteiger partial charge on any atom is 0.281 e. The van der Waals surface area contributed by atoms with Gasteiger partial charge < -0.3 is 0 Å². The maximum absolute atomic E-state index is 12.4. The number of alkyl halides is 2. The van der Waals surface area contributed by atoms with Crippen LogP contribution in [0.4, 0.5) is 8.78 Å². The quantitative estimate of drug-likeness (QED) is 0.615. The summed E-state index contributed by atoms with van der Waals surface area (Å²) in [5.41, 5.74) is -0.0126. The molecule has 0 atom stereocenters. The highest BCUT2D eigenvalue weighted by Crippen LogP contribution is 2.24. The molecule has 0 aliphatic carbocycles. The number of carbonyl (C=O) groups excluding carboxylic acids is 1. The minimum Gasteiger partial charge on any atom is -0.274 e. The SMILES string of the molecule is Cc1cc(I)c(C(F)F)nc1C(=O)Cl. The summed E-state index contributed by atoms with van der Waals surface area (Å²) in [7, 11) is 0. The molecule has 0 aliphatic heterocycles. The van der Waals surface area contributed by atoms with Crippen molar-refractivity contribution in [2.75, 3.05) is 0 Å². The Morgan fingerprint density at radius 3 is 2.64 bits per heavy atom. The summed E-state index contributed by atoms with van der Waals surface area (Å²) in [6.07, 6.45) is -2.70. The van der Waals surface area contributed by atoms with E-state index in [2.05, 4.69) is 4.98 Å². The number of aromatic nitrogens is 1. The topological polar surface area (TPSA) is 30.0 Å². The van der Waals surface area contributed by atoms with Gasteiger partial charge in [0.05, 0.1) is 0 Å². The van der Waals surface area contributed by atoms with Gasteiger partial charge in [0.2, 0.25) is 0 Å². The number of hydrogen-bond donors (Lipinski definition) is 0. The first kappa shape index (κ1) is 11.8. The zero-order chi connectivity index (χ0) is 10.9. The smallest absolute Gasteiger partial charge is 0.274 e. The maximum atomic E-state index is 12.4. The van der Waals surface area contributed by atoms with E-state index in [1.807, 2.05) is 0 Å². The van der Waals surface area contributed by atoms with E-state index in [9.17, 15) is 13.6 Å². The van der Waals surface area contributed by atoms with Crippen molar-refractivity contribution in [3.05, 3.63) is 26.6 Å². The number of hydrogen-bond acceptors (Lipinski definition) is 2. The van der Waals surface area contributed by atoms with Crippen LogP contribution in [0, 0.1) is 10.5 Å². The Morgan fingerprint density at radius 1 is 1.64 bits per heavy atom. The third kappa shape index (κ3) is 2.38. The Labute approximate surface area is 97.8 Å². The van der Waals surface area contributed by atoms with Crippen LogP contribution in [-0.4, -0.2) is 10.2 Å². The molecule has 0 saturated carbocycles. The summed E-state index contributed by atoms with van der Waals surface area (Å²) >= 11 is 6.93. The first-order valence-corrected chi connectivity index (χ1v) is 5.04. The van der Waals surface area contributed by atoms with E-state index in [4.69, 9.17) is 11.6 Å². The third-order valence-electron chi connectivity index (χ3n) is 1.59. The fourth-order valence-corrected chi connectivity index (χ4v) is 1.96. The molecule has 0 unspecified atom stereocenters. The fourth-order valence-electron chi connectivity index (χ4n) is 0.946. The van der Waals surface area contributed by atoms with Gasteiger partial charge in [0, 0.05) is 3.57 Å². The van der Waals surface area contributed by atoms with Gasteiger partial charge in [-0.3, -0.25) is 4.79 Å². The summed E-state index contributed by atoms with van der Waals surface area (Å²) in [5.74, 6) is 0. The molecule has 6 heteroatoms. The normalized spacial score (nSPS) is 10.7. The first-order valence-electron chi connectivity index (χ1n) is 3.58. The Kier molecular flexibility index (Phi) is 3.77. The van der Waals surface area contributed by atoms with Gasteiger partial charge in [-0.2, -0.15) is 0 Å². The standard InChI is InChI=1S/C8H5ClF2INO/c1-3-2-4(12)6(8(10)11)13-5(3)7(9)14/h2,8H,1H3. The Balaban J connectivity index is 3.34. The lowest BCUT2D eigenvalue weighted by Gasteiger charge is -2.06. The van der Waals surface area contributed by atoms with E-state index in [1.165, 1.54) is 6.07 Å². The van der Waals surface area contributed by atoms with Crippen LogP contribution in [0.3, 0.4) is 0 Å². The number of carbonyl (C=O) groups is 1. The molecule has 0 aliphatic rings. The second kappa shape index (κ2) is 4.48. The zero-order valence-corrected chi connectivity index (χ0v) is 9.94. The zero-order valence-electron chi connectivity index (χ0n) is 7.02. The Hall–Kier alpha value is -0.300. The molecule has 0 fully saturated rings. The van der Waals surface area contributed by atoms with Crippen LogP contribution < -0.4 is 0 Å². The largest absolute Gasteiger partial charge is 0.281 e. The number of aryl methyl sites for hydroxylation is 1. The van der Waals surface area contributed by atoms with Gasteiger partial charge in [0.15, 0.2) is 0 Å². The summed E-state index contributed by atoms with van der Waals surface area (Å²) in [4.78, 5) is 14.3. The van der Waals surface area contributed by atoms with Gasteiger partial charge in [-0.25, -0.2) is 13.8 Å². The predicted molar refractivity (Wildman–Crippen MR) is 56.8 cm³/mol. The van der Waals surface area contributed by atoms with Crippen LogP contribution in [0.15, 0.2) is 6.07 Å². The van der Waals surface area contributed by atoms with Crippen LogP contribution in [0.25, 0.3) is 0 Å². The second-order valence-electron chi connectivity index (χ2n) is 2.60. The highest BCUT2D eigenvalue weighted by atomic mass is 127. The van der Waals surface area contributed by atoms with Crippen molar-refractivity contribution in [2.45, 2.75) is 13.3 Å². The molecule has 0 aromatic carbocycles. The van der Waals surface area contributed by atoms with Gasteiger partial charge in [-0.15, -0.1) is 0 Å². The molecule has 1 rings (SSSR count). The average Bonchev–Trinajstić information content (AvgIpc) is 2.02. The summed E-state index contributed by atoms with van der Waals surface area (Å²) in [6, 6.07) is 1.46. The number of nitrogens with zero attached hydrogens (tertiary/aromatic N) is 1. The molecule has 0 N–H and O–H groups in total. The first-order chi connectivity index (χ1) is 6.43. The van der Waals surface area contributed by atoms with Crippen molar-refractivity contribution in [3.63, 3.8) is 0 Å². The van der Waals surface area contributed by atoms with E-state index in [-0.39, 0.29) is 5.69 Å². The van der Waals surface area contributed by atoms with Crippen LogP contribution >= 0.6 is 34.2 Å². The molecular formula is C8H5ClF2INO. The van der Waals surface area contributed by atoms with E-state index < -0.39 is 17.4 Å². The minimum absolute atomic E-state index is 0.109. The number of halogens is 4. The van der Waals surface area contributed by atoms with Gasteiger partial charge in [-0.1, -0.05) is 0 Å². The molecule has 0 saturated heterocycles. The van der Waals surface area contributed by atoms with Crippen LogP contribution in [0.1, 0.15) is 28.2 Å². The van der Waals surface area contributed by atoms with E-state index in [0.29, 0.717) is 9.13 Å². The molecule has 14 heavy (non-hydrogen) atoms. The van der Waals surface area contributed by atoms with Gasteiger partial charge in [0.25, 0.3) is 11.7 Å². The lowest BCUT2D eigenvalue weighted by atomic mass is 10.2. The molecule has 0 radical (unpaired) electrons. The number of rotatable bonds is 2. The molecule has 1 heterocycles. The van der Waals surface area contributed by atoms with E-state index >= 15 is 0 Å². The van der Waals surface area contributed by atoms with Gasteiger partial charge in [-0.05, 0) is 52.7 Å². The molecular weight excluding hydrogens is 326 g/mol. The fraction of sp³-hybridized carbons (Fsp3) is 0.250.